The molecule has 0 spiro atoms. The molecule has 88 heavy (non-hydrogen) atoms. The predicted octanol–water partition coefficient (Wildman–Crippen LogP) is 26.7. The molecule has 0 bridgehead atoms. The molecule has 0 saturated carbocycles. The second-order valence-corrected chi connectivity index (χ2v) is 25.0. The predicted molar refractivity (Wildman–Crippen MR) is 389 cm³/mol. The van der Waals surface area contributed by atoms with E-state index in [4.69, 9.17) is 9.47 Å². The fraction of sp³-hybridized carbons (Fsp3) is 0.711. The van der Waals surface area contributed by atoms with Crippen LogP contribution in [0.3, 0.4) is 0 Å². The molecule has 0 aliphatic carbocycles. The topological polar surface area (TPSA) is 72.8 Å². The number of unbranched alkanes of at least 4 members (excludes halogenated alkanes) is 39. The number of hydrogen-bond donors (Lipinski definition) is 1. The molecule has 1 atom stereocenters. The van der Waals surface area contributed by atoms with Gasteiger partial charge in [0.05, 0.1) is 6.61 Å². The molecule has 0 fully saturated rings. The van der Waals surface area contributed by atoms with Crippen molar-refractivity contribution >= 4 is 11.9 Å². The van der Waals surface area contributed by atoms with E-state index >= 15 is 0 Å². The zero-order chi connectivity index (χ0) is 63.3. The Bertz CT molecular complexity index is 1770. The number of carbonyl (C=O) groups is 2. The minimum atomic E-state index is -0.783. The number of carbonyl (C=O) groups excluding carboxylic acids is 2. The first kappa shape index (κ1) is 84.0. The molecular weight excluding hydrogens is 1080 g/mol. The lowest BCUT2D eigenvalue weighted by Crippen LogP contribution is -2.28. The van der Waals surface area contributed by atoms with Gasteiger partial charge in [-0.1, -0.05) is 366 Å². The fourth-order valence-corrected chi connectivity index (χ4v) is 10.8. The maximum absolute atomic E-state index is 12.4. The van der Waals surface area contributed by atoms with Gasteiger partial charge in [0.25, 0.3) is 0 Å². The third-order valence-electron chi connectivity index (χ3n) is 16.4. The van der Waals surface area contributed by atoms with Crippen LogP contribution >= 0.6 is 0 Å². The van der Waals surface area contributed by atoms with E-state index in [0.29, 0.717) is 12.8 Å². The maximum atomic E-state index is 12.4. The van der Waals surface area contributed by atoms with Gasteiger partial charge in [0.1, 0.15) is 6.61 Å². The smallest absolute Gasteiger partial charge is 0.306 e. The number of esters is 2. The molecule has 1 N–H and O–H groups in total. The van der Waals surface area contributed by atoms with Gasteiger partial charge in [0.2, 0.25) is 0 Å². The first-order valence-corrected chi connectivity index (χ1v) is 37.7. The van der Waals surface area contributed by atoms with Gasteiger partial charge in [-0.25, -0.2) is 0 Å². The molecule has 504 valence electrons. The third-order valence-corrected chi connectivity index (χ3v) is 16.4. The molecule has 0 amide bonds. The largest absolute Gasteiger partial charge is 0.462 e. The van der Waals surface area contributed by atoms with Crippen molar-refractivity contribution in [3.05, 3.63) is 134 Å². The van der Waals surface area contributed by atoms with Crippen molar-refractivity contribution in [1.29, 1.82) is 0 Å². The van der Waals surface area contributed by atoms with E-state index in [0.717, 1.165) is 103 Å². The van der Waals surface area contributed by atoms with Crippen LogP contribution in [0.25, 0.3) is 0 Å². The monoisotopic (exact) mass is 1220 g/mol. The Morgan fingerprint density at radius 2 is 0.489 bits per heavy atom. The van der Waals surface area contributed by atoms with Gasteiger partial charge in [-0.2, -0.15) is 0 Å². The van der Waals surface area contributed by atoms with Crippen LogP contribution in [0.5, 0.6) is 0 Å². The minimum Gasteiger partial charge on any atom is -0.462 e. The number of aliphatic hydroxyl groups excluding tert-OH is 1. The molecule has 0 aromatic rings. The first-order valence-electron chi connectivity index (χ1n) is 37.7. The summed E-state index contributed by atoms with van der Waals surface area (Å²) in [5.74, 6) is -0.587. The van der Waals surface area contributed by atoms with Crippen molar-refractivity contribution in [2.75, 3.05) is 13.2 Å². The second kappa shape index (κ2) is 77.3. The van der Waals surface area contributed by atoms with Crippen LogP contribution in [0.2, 0.25) is 0 Å². The summed E-state index contributed by atoms with van der Waals surface area (Å²) >= 11 is 0. The molecule has 0 heterocycles. The molecular formula is C83H142O5. The molecule has 5 heteroatoms. The van der Waals surface area contributed by atoms with E-state index < -0.39 is 6.10 Å². The highest BCUT2D eigenvalue weighted by Gasteiger charge is 2.16. The summed E-state index contributed by atoms with van der Waals surface area (Å²) in [6.07, 6.45) is 115. The second-order valence-electron chi connectivity index (χ2n) is 25.0. The van der Waals surface area contributed by atoms with Gasteiger partial charge in [-0.3, -0.25) is 9.59 Å². The van der Waals surface area contributed by atoms with Crippen molar-refractivity contribution in [2.24, 2.45) is 0 Å². The molecule has 0 aliphatic heterocycles. The van der Waals surface area contributed by atoms with Crippen LogP contribution in [0.4, 0.5) is 0 Å². The average molecular weight is 1220 g/mol. The van der Waals surface area contributed by atoms with Crippen molar-refractivity contribution in [2.45, 2.75) is 367 Å². The van der Waals surface area contributed by atoms with Crippen molar-refractivity contribution < 1.29 is 24.2 Å². The Morgan fingerprint density at radius 1 is 0.273 bits per heavy atom. The van der Waals surface area contributed by atoms with Crippen molar-refractivity contribution in [3.8, 4) is 0 Å². The molecule has 0 rings (SSSR count). The summed E-state index contributed by atoms with van der Waals surface area (Å²) in [5, 5.41) is 9.72. The first-order chi connectivity index (χ1) is 43.6. The van der Waals surface area contributed by atoms with Crippen molar-refractivity contribution in [1.82, 2.24) is 0 Å². The van der Waals surface area contributed by atoms with Gasteiger partial charge in [-0.15, -0.1) is 0 Å². The molecule has 0 aromatic heterocycles. The van der Waals surface area contributed by atoms with E-state index in [2.05, 4.69) is 148 Å². The summed E-state index contributed by atoms with van der Waals surface area (Å²) in [5.41, 5.74) is 0. The highest BCUT2D eigenvalue weighted by Crippen LogP contribution is 2.18. The molecule has 0 saturated heterocycles. The molecule has 0 radical (unpaired) electrons. The van der Waals surface area contributed by atoms with Crippen LogP contribution in [0.1, 0.15) is 361 Å². The van der Waals surface area contributed by atoms with Gasteiger partial charge >= 0.3 is 11.9 Å². The quantitative estimate of drug-likeness (QED) is 0.0373. The van der Waals surface area contributed by atoms with Gasteiger partial charge < -0.3 is 14.6 Å². The fourth-order valence-electron chi connectivity index (χ4n) is 10.8. The number of hydrogen-bond acceptors (Lipinski definition) is 5. The van der Waals surface area contributed by atoms with Gasteiger partial charge in [0, 0.05) is 12.8 Å². The molecule has 0 aliphatic rings. The molecule has 5 nitrogen and oxygen atoms in total. The summed E-state index contributed by atoms with van der Waals surface area (Å²) < 4.78 is 10.8. The maximum Gasteiger partial charge on any atom is 0.306 e. The Balaban J connectivity index is 3.47. The number of rotatable bonds is 69. The van der Waals surface area contributed by atoms with E-state index in [9.17, 15) is 14.7 Å². The molecule has 1 unspecified atom stereocenters. The lowest BCUT2D eigenvalue weighted by molar-refractivity contribution is -0.161. The van der Waals surface area contributed by atoms with E-state index in [-0.39, 0.29) is 25.2 Å². The van der Waals surface area contributed by atoms with E-state index in [1.807, 2.05) is 0 Å². The Kier molecular flexibility index (Phi) is 73.8. The summed E-state index contributed by atoms with van der Waals surface area (Å²) in [6, 6.07) is 0. The zero-order valence-electron chi connectivity index (χ0n) is 58.0. The summed E-state index contributed by atoms with van der Waals surface area (Å²) in [4.78, 5) is 24.7. The van der Waals surface area contributed by atoms with Crippen LogP contribution in [0, 0.1) is 0 Å². The highest BCUT2D eigenvalue weighted by atomic mass is 16.6. The normalized spacial score (nSPS) is 13.0. The SMILES string of the molecule is CC/C=C\C/C=C\C/C=C\C/C=C\C/C=C\C/C=C\C/C=C\C/C=C\CCCCCCCCCCCCC(=O)OC(CO)COC(=O)CCCCCCCCCCCCCCCCCCCCCCCCCC/C=C\C/C=C\C/C=C\CCCCCCC. The van der Waals surface area contributed by atoms with E-state index in [1.165, 1.54) is 231 Å². The molecule has 0 aromatic carbocycles. The van der Waals surface area contributed by atoms with Crippen LogP contribution in [0.15, 0.2) is 134 Å². The Hall–Kier alpha value is -3.96. The number of ether oxygens (including phenoxy) is 2. The Morgan fingerprint density at radius 3 is 0.739 bits per heavy atom. The van der Waals surface area contributed by atoms with Gasteiger partial charge in [0.15, 0.2) is 6.10 Å². The van der Waals surface area contributed by atoms with Gasteiger partial charge in [-0.05, 0) is 116 Å². The minimum absolute atomic E-state index is 0.0702. The number of aliphatic hydroxyl groups is 1. The van der Waals surface area contributed by atoms with E-state index in [1.54, 1.807) is 0 Å². The van der Waals surface area contributed by atoms with Crippen LogP contribution in [-0.4, -0.2) is 36.4 Å². The zero-order valence-corrected chi connectivity index (χ0v) is 58.0. The van der Waals surface area contributed by atoms with Crippen LogP contribution < -0.4 is 0 Å². The van der Waals surface area contributed by atoms with Crippen molar-refractivity contribution in [3.63, 3.8) is 0 Å². The lowest BCUT2D eigenvalue weighted by atomic mass is 10.0. The highest BCUT2D eigenvalue weighted by molar-refractivity contribution is 5.70. The standard InChI is InChI=1S/C83H142O5/c1-3-5-7-9-11-13-15-17-19-21-23-25-27-29-31-33-35-37-39-40-41-42-44-45-47-49-51-53-55-57-59-61-63-65-67-69-71-73-75-77-82(85)87-80-81(79-84)88-83(86)78-76-74-72-70-68-66-64-62-60-58-56-54-52-50-48-46-43-38-36-34-32-30-28-26-24-22-20-18-16-14-12-10-8-6-4-2/h6,8,12,14-15,17-18,20-21,23-24,26-27,29-30,32,36,38,46,48,52,54,81,84H,3-5,7,9-11,13,16,19,22,25,28,31,33-35,37,39-45,47,49-51,53,55-80H2,1-2H3/b8-6-,14-12-,17-15-,20-18-,23-21-,26-24-,29-27-,32-30-,38-36-,48-46-,54-52-. The summed E-state index contributed by atoms with van der Waals surface area (Å²) in [6.45, 7) is 4.04. The average Bonchev–Trinajstić information content (AvgIpc) is 3.54. The van der Waals surface area contributed by atoms with Crippen LogP contribution in [-0.2, 0) is 19.1 Å². The lowest BCUT2D eigenvalue weighted by Gasteiger charge is -2.15. The summed E-state index contributed by atoms with van der Waals surface area (Å²) in [7, 11) is 0. The Labute approximate surface area is 546 Å². The number of allylic oxidation sites excluding steroid dienone is 22. The third kappa shape index (κ3) is 74.5.